The van der Waals surface area contributed by atoms with Crippen molar-refractivity contribution in [3.05, 3.63) is 121 Å². The standard InChI is InChI=1S/C26H26N4/c1-3-16-29(17-4-2)18-10-13-22-19-27-25-20-28-26(21-11-6-5-7-12-21)23-14-8-9-15-24(23)30(22)25/h3-12,14-15,18-19H,1-2,13,16-17,20H2. The Bertz CT molecular complexity index is 1080. The average Bonchev–Trinajstić information content (AvgIpc) is 3.10. The van der Waals surface area contributed by atoms with Crippen LogP contribution in [0.1, 0.15) is 22.6 Å². The third kappa shape index (κ3) is 4.03. The van der Waals surface area contributed by atoms with Crippen molar-refractivity contribution in [3.8, 4) is 5.69 Å². The minimum Gasteiger partial charge on any atom is -0.370 e. The summed E-state index contributed by atoms with van der Waals surface area (Å²) in [4.78, 5) is 11.8. The Morgan fingerprint density at radius 1 is 0.967 bits per heavy atom. The van der Waals surface area contributed by atoms with Crippen LogP contribution < -0.4 is 0 Å². The van der Waals surface area contributed by atoms with Gasteiger partial charge in [0.15, 0.2) is 0 Å². The molecule has 1 aliphatic rings. The van der Waals surface area contributed by atoms with Gasteiger partial charge < -0.3 is 4.90 Å². The average molecular weight is 395 g/mol. The van der Waals surface area contributed by atoms with Crippen LogP contribution in [0.2, 0.25) is 0 Å². The molecule has 1 aromatic heterocycles. The lowest BCUT2D eigenvalue weighted by Gasteiger charge is -2.16. The first-order chi connectivity index (χ1) is 14.8. The van der Waals surface area contributed by atoms with Crippen LogP contribution in [0.15, 0.2) is 103 Å². The Labute approximate surface area is 178 Å². The monoisotopic (exact) mass is 394 g/mol. The van der Waals surface area contributed by atoms with E-state index in [4.69, 9.17) is 9.98 Å². The topological polar surface area (TPSA) is 33.4 Å². The number of aliphatic imine (C=N–C) groups is 1. The third-order valence-electron chi connectivity index (χ3n) is 5.10. The molecule has 1 aliphatic heterocycles. The van der Waals surface area contributed by atoms with Crippen LogP contribution in [0.25, 0.3) is 5.69 Å². The highest BCUT2D eigenvalue weighted by Crippen LogP contribution is 2.26. The maximum absolute atomic E-state index is 4.93. The van der Waals surface area contributed by atoms with Gasteiger partial charge in [0.1, 0.15) is 5.82 Å². The lowest BCUT2D eigenvalue weighted by molar-refractivity contribution is 0.461. The maximum Gasteiger partial charge on any atom is 0.135 e. The number of hydrogen-bond acceptors (Lipinski definition) is 3. The van der Waals surface area contributed by atoms with Crippen LogP contribution in [-0.4, -0.2) is 33.3 Å². The molecule has 0 atom stereocenters. The highest BCUT2D eigenvalue weighted by Gasteiger charge is 2.20. The molecule has 4 nitrogen and oxygen atoms in total. The molecule has 0 saturated carbocycles. The van der Waals surface area contributed by atoms with Gasteiger partial charge >= 0.3 is 0 Å². The normalized spacial score (nSPS) is 12.6. The van der Waals surface area contributed by atoms with E-state index in [1.165, 1.54) is 0 Å². The van der Waals surface area contributed by atoms with Gasteiger partial charge in [0, 0.05) is 42.5 Å². The van der Waals surface area contributed by atoms with Crippen LogP contribution in [-0.2, 0) is 13.0 Å². The number of hydrogen-bond donors (Lipinski definition) is 0. The van der Waals surface area contributed by atoms with E-state index in [2.05, 4.69) is 83.4 Å². The molecule has 0 aliphatic carbocycles. The van der Waals surface area contributed by atoms with E-state index < -0.39 is 0 Å². The zero-order chi connectivity index (χ0) is 20.8. The van der Waals surface area contributed by atoms with Crippen molar-refractivity contribution < 1.29 is 0 Å². The summed E-state index contributed by atoms with van der Waals surface area (Å²) < 4.78 is 2.25. The summed E-state index contributed by atoms with van der Waals surface area (Å²) >= 11 is 0. The smallest absolute Gasteiger partial charge is 0.135 e. The van der Waals surface area contributed by atoms with Crippen molar-refractivity contribution in [2.24, 2.45) is 4.99 Å². The van der Waals surface area contributed by atoms with Gasteiger partial charge in [-0.2, -0.15) is 0 Å². The molecule has 4 rings (SSSR count). The maximum atomic E-state index is 4.93. The molecule has 0 spiro atoms. The Hall–Kier alpha value is -3.66. The lowest BCUT2D eigenvalue weighted by Crippen LogP contribution is -2.16. The predicted octanol–water partition coefficient (Wildman–Crippen LogP) is 4.95. The molecule has 0 N–H and O–H groups in total. The van der Waals surface area contributed by atoms with Crippen molar-refractivity contribution in [2.75, 3.05) is 13.1 Å². The molecule has 3 aromatic rings. The molecule has 2 aromatic carbocycles. The molecule has 4 heteroatoms. The van der Waals surface area contributed by atoms with Gasteiger partial charge in [0.25, 0.3) is 0 Å². The molecule has 0 radical (unpaired) electrons. The van der Waals surface area contributed by atoms with Gasteiger partial charge in [-0.25, -0.2) is 4.98 Å². The van der Waals surface area contributed by atoms with Crippen LogP contribution in [0.5, 0.6) is 0 Å². The fourth-order valence-corrected chi connectivity index (χ4v) is 3.78. The minimum atomic E-state index is 0.557. The van der Waals surface area contributed by atoms with Crippen LogP contribution in [0.4, 0.5) is 0 Å². The van der Waals surface area contributed by atoms with E-state index in [-0.39, 0.29) is 0 Å². The van der Waals surface area contributed by atoms with E-state index in [1.54, 1.807) is 0 Å². The van der Waals surface area contributed by atoms with Crippen LogP contribution in [0, 0.1) is 0 Å². The molecule has 0 fully saturated rings. The molecule has 0 amide bonds. The van der Waals surface area contributed by atoms with Gasteiger partial charge in [-0.1, -0.05) is 66.8 Å². The van der Waals surface area contributed by atoms with Crippen molar-refractivity contribution in [1.29, 1.82) is 0 Å². The summed E-state index contributed by atoms with van der Waals surface area (Å²) in [6, 6.07) is 18.8. The van der Waals surface area contributed by atoms with Crippen LogP contribution >= 0.6 is 0 Å². The molecule has 30 heavy (non-hydrogen) atoms. The van der Waals surface area contributed by atoms with Gasteiger partial charge in [-0.05, 0) is 12.3 Å². The summed E-state index contributed by atoms with van der Waals surface area (Å²) in [5.41, 5.74) is 5.55. The first-order valence-electron chi connectivity index (χ1n) is 10.2. The Morgan fingerprint density at radius 2 is 1.70 bits per heavy atom. The fraction of sp³-hybridized carbons (Fsp3) is 0.154. The number of rotatable bonds is 8. The molecular weight excluding hydrogens is 368 g/mol. The molecule has 0 saturated heterocycles. The molecule has 0 bridgehead atoms. The lowest BCUT2D eigenvalue weighted by atomic mass is 10.0. The number of imidazole rings is 1. The molecule has 0 unspecified atom stereocenters. The van der Waals surface area contributed by atoms with Crippen molar-refractivity contribution >= 4 is 5.71 Å². The summed E-state index contributed by atoms with van der Waals surface area (Å²) in [6.45, 7) is 9.81. The Kier molecular flexibility index (Phi) is 6.04. The van der Waals surface area contributed by atoms with Gasteiger partial charge in [-0.3, -0.25) is 9.56 Å². The Balaban J connectivity index is 1.68. The first kappa shape index (κ1) is 19.6. The second kappa shape index (κ2) is 9.23. The Morgan fingerprint density at radius 3 is 2.47 bits per heavy atom. The molecular formula is C26H26N4. The van der Waals surface area contributed by atoms with Crippen molar-refractivity contribution in [2.45, 2.75) is 13.0 Å². The zero-order valence-corrected chi connectivity index (χ0v) is 17.1. The number of allylic oxidation sites excluding steroid dienone is 1. The number of benzene rings is 2. The zero-order valence-electron chi connectivity index (χ0n) is 17.1. The fourth-order valence-electron chi connectivity index (χ4n) is 3.78. The van der Waals surface area contributed by atoms with E-state index in [0.29, 0.717) is 6.54 Å². The quantitative estimate of drug-likeness (QED) is 0.506. The predicted molar refractivity (Wildman–Crippen MR) is 124 cm³/mol. The number of fused-ring (bicyclic) bond motifs is 3. The SMILES string of the molecule is C=CCN(C=CCc1cnc2n1-c1ccccc1C(c1ccccc1)=NC2)CC=C. The van der Waals surface area contributed by atoms with E-state index in [1.807, 2.05) is 24.4 Å². The summed E-state index contributed by atoms with van der Waals surface area (Å²) in [5.74, 6) is 0.964. The molecule has 2 heterocycles. The third-order valence-corrected chi connectivity index (χ3v) is 5.10. The van der Waals surface area contributed by atoms with Gasteiger partial charge in [-0.15, -0.1) is 13.2 Å². The van der Waals surface area contributed by atoms with E-state index in [9.17, 15) is 0 Å². The van der Waals surface area contributed by atoms with Gasteiger partial charge in [0.05, 0.1) is 17.9 Å². The van der Waals surface area contributed by atoms with E-state index >= 15 is 0 Å². The molecule has 150 valence electrons. The number of para-hydroxylation sites is 1. The van der Waals surface area contributed by atoms with Gasteiger partial charge in [0.2, 0.25) is 0 Å². The highest BCUT2D eigenvalue weighted by atomic mass is 15.1. The first-order valence-corrected chi connectivity index (χ1v) is 10.2. The largest absolute Gasteiger partial charge is 0.370 e. The van der Waals surface area contributed by atoms with Crippen molar-refractivity contribution in [3.63, 3.8) is 0 Å². The summed E-state index contributed by atoms with van der Waals surface area (Å²) in [5, 5.41) is 0. The summed E-state index contributed by atoms with van der Waals surface area (Å²) in [6.07, 6.45) is 10.8. The number of nitrogens with zero attached hydrogens (tertiary/aromatic N) is 4. The minimum absolute atomic E-state index is 0.557. The summed E-state index contributed by atoms with van der Waals surface area (Å²) in [7, 11) is 0. The highest BCUT2D eigenvalue weighted by molar-refractivity contribution is 6.15. The van der Waals surface area contributed by atoms with E-state index in [0.717, 1.165) is 53.6 Å². The second-order valence-electron chi connectivity index (χ2n) is 7.17. The number of aromatic nitrogens is 2. The van der Waals surface area contributed by atoms with Crippen LogP contribution in [0.3, 0.4) is 0 Å². The van der Waals surface area contributed by atoms with Crippen molar-refractivity contribution in [1.82, 2.24) is 14.5 Å². The second-order valence-corrected chi connectivity index (χ2v) is 7.17.